The van der Waals surface area contributed by atoms with Gasteiger partial charge in [-0.3, -0.25) is 9.59 Å². The third-order valence-electron chi connectivity index (χ3n) is 11.2. The van der Waals surface area contributed by atoms with E-state index in [1.807, 2.05) is 0 Å². The minimum absolute atomic E-state index is 0.0657. The van der Waals surface area contributed by atoms with Crippen LogP contribution in [-0.4, -0.2) is 36.4 Å². The highest BCUT2D eigenvalue weighted by Gasteiger charge is 2.16. The van der Waals surface area contributed by atoms with Crippen molar-refractivity contribution in [3.8, 4) is 0 Å². The van der Waals surface area contributed by atoms with Crippen LogP contribution in [0.5, 0.6) is 0 Å². The van der Waals surface area contributed by atoms with Crippen LogP contribution in [0.15, 0.2) is 36.5 Å². The van der Waals surface area contributed by atoms with Gasteiger partial charge in [0.1, 0.15) is 6.61 Å². The van der Waals surface area contributed by atoms with Crippen molar-refractivity contribution in [1.82, 2.24) is 0 Å². The van der Waals surface area contributed by atoms with Crippen molar-refractivity contribution in [3.63, 3.8) is 0 Å². The first kappa shape index (κ1) is 55.1. The molecule has 5 nitrogen and oxygen atoms in total. The molecular weight excluding hydrogens is 705 g/mol. The molecule has 0 saturated carbocycles. The molecule has 0 aromatic carbocycles. The molecule has 0 heterocycles. The van der Waals surface area contributed by atoms with Gasteiger partial charge in [0.15, 0.2) is 6.10 Å². The van der Waals surface area contributed by atoms with E-state index in [1.54, 1.807) is 0 Å². The maximum atomic E-state index is 12.3. The summed E-state index contributed by atoms with van der Waals surface area (Å²) in [5.74, 6) is -0.586. The van der Waals surface area contributed by atoms with Crippen LogP contribution in [0.4, 0.5) is 0 Å². The molecule has 57 heavy (non-hydrogen) atoms. The molecule has 334 valence electrons. The van der Waals surface area contributed by atoms with Crippen LogP contribution in [0.3, 0.4) is 0 Å². The summed E-state index contributed by atoms with van der Waals surface area (Å²) in [4.78, 5) is 24.4. The summed E-state index contributed by atoms with van der Waals surface area (Å²) in [5.41, 5.74) is 0. The number of aliphatic hydroxyl groups is 1. The Morgan fingerprint density at radius 1 is 0.404 bits per heavy atom. The summed E-state index contributed by atoms with van der Waals surface area (Å²) in [6.07, 6.45) is 60.9. The Labute approximate surface area is 355 Å². The fourth-order valence-electron chi connectivity index (χ4n) is 7.35. The zero-order chi connectivity index (χ0) is 41.4. The van der Waals surface area contributed by atoms with Crippen LogP contribution in [0.1, 0.15) is 264 Å². The number of hydrogen-bond acceptors (Lipinski definition) is 5. The van der Waals surface area contributed by atoms with Crippen molar-refractivity contribution in [2.75, 3.05) is 13.2 Å². The molecule has 0 bridgehead atoms. The molecule has 1 atom stereocenters. The highest BCUT2D eigenvalue weighted by molar-refractivity contribution is 5.70. The Kier molecular flexibility index (Phi) is 46.9. The predicted molar refractivity (Wildman–Crippen MR) is 247 cm³/mol. The summed E-state index contributed by atoms with van der Waals surface area (Å²) >= 11 is 0. The first-order valence-electron chi connectivity index (χ1n) is 25.0. The lowest BCUT2D eigenvalue weighted by Crippen LogP contribution is -2.28. The molecule has 0 spiro atoms. The van der Waals surface area contributed by atoms with E-state index in [-0.39, 0.29) is 25.2 Å². The molecule has 1 N–H and O–H groups in total. The van der Waals surface area contributed by atoms with E-state index in [9.17, 15) is 14.7 Å². The number of rotatable bonds is 46. The number of aliphatic hydroxyl groups excluding tert-OH is 1. The van der Waals surface area contributed by atoms with Crippen molar-refractivity contribution < 1.29 is 24.2 Å². The second kappa shape index (κ2) is 48.5. The van der Waals surface area contributed by atoms with Crippen LogP contribution < -0.4 is 0 Å². The second-order valence-electron chi connectivity index (χ2n) is 16.9. The Hall–Kier alpha value is -1.88. The normalized spacial score (nSPS) is 12.4. The lowest BCUT2D eigenvalue weighted by Gasteiger charge is -2.15. The van der Waals surface area contributed by atoms with Gasteiger partial charge in [-0.1, -0.05) is 217 Å². The van der Waals surface area contributed by atoms with E-state index in [0.29, 0.717) is 12.8 Å². The highest BCUT2D eigenvalue weighted by Crippen LogP contribution is 2.15. The lowest BCUT2D eigenvalue weighted by molar-refractivity contribution is -0.161. The smallest absolute Gasteiger partial charge is 0.306 e. The molecule has 0 saturated heterocycles. The predicted octanol–water partition coefficient (Wildman–Crippen LogP) is 16.4. The number of ether oxygens (including phenoxy) is 2. The van der Waals surface area contributed by atoms with Gasteiger partial charge in [0.25, 0.3) is 0 Å². The van der Waals surface area contributed by atoms with Crippen LogP contribution in [0.2, 0.25) is 0 Å². The van der Waals surface area contributed by atoms with Gasteiger partial charge in [-0.25, -0.2) is 0 Å². The minimum Gasteiger partial charge on any atom is -0.462 e. The molecule has 0 radical (unpaired) electrons. The number of allylic oxidation sites excluding steroid dienone is 6. The Balaban J connectivity index is 3.48. The van der Waals surface area contributed by atoms with E-state index in [4.69, 9.17) is 9.47 Å². The molecule has 0 rings (SSSR count). The van der Waals surface area contributed by atoms with Gasteiger partial charge >= 0.3 is 11.9 Å². The largest absolute Gasteiger partial charge is 0.462 e. The number of carbonyl (C=O) groups is 2. The fraction of sp³-hybridized carbons (Fsp3) is 0.846. The molecule has 5 heteroatoms. The van der Waals surface area contributed by atoms with Gasteiger partial charge < -0.3 is 14.6 Å². The zero-order valence-corrected chi connectivity index (χ0v) is 38.1. The maximum Gasteiger partial charge on any atom is 0.306 e. The molecule has 0 aliphatic heterocycles. The van der Waals surface area contributed by atoms with Crippen LogP contribution in [0, 0.1) is 0 Å². The first-order valence-corrected chi connectivity index (χ1v) is 25.0. The minimum atomic E-state index is -0.772. The third kappa shape index (κ3) is 46.7. The van der Waals surface area contributed by atoms with Crippen molar-refractivity contribution >= 4 is 11.9 Å². The van der Waals surface area contributed by atoms with Crippen molar-refractivity contribution in [2.24, 2.45) is 0 Å². The summed E-state index contributed by atoms with van der Waals surface area (Å²) in [6.45, 7) is 4.15. The molecule has 0 aromatic heterocycles. The number of carbonyl (C=O) groups excluding carboxylic acids is 2. The van der Waals surface area contributed by atoms with Crippen LogP contribution in [-0.2, 0) is 19.1 Å². The van der Waals surface area contributed by atoms with Crippen molar-refractivity contribution in [1.29, 1.82) is 0 Å². The summed E-state index contributed by atoms with van der Waals surface area (Å²) in [7, 11) is 0. The van der Waals surface area contributed by atoms with Gasteiger partial charge in [-0.05, 0) is 70.6 Å². The average molecular weight is 801 g/mol. The third-order valence-corrected chi connectivity index (χ3v) is 11.2. The molecular formula is C52H96O5. The fourth-order valence-corrected chi connectivity index (χ4v) is 7.35. The monoisotopic (exact) mass is 801 g/mol. The van der Waals surface area contributed by atoms with Gasteiger partial charge in [-0.15, -0.1) is 0 Å². The van der Waals surface area contributed by atoms with E-state index in [0.717, 1.165) is 44.9 Å². The average Bonchev–Trinajstić information content (AvgIpc) is 3.21. The van der Waals surface area contributed by atoms with E-state index in [2.05, 4.69) is 50.3 Å². The molecule has 1 unspecified atom stereocenters. The lowest BCUT2D eigenvalue weighted by atomic mass is 10.0. The van der Waals surface area contributed by atoms with E-state index < -0.39 is 6.10 Å². The summed E-state index contributed by atoms with van der Waals surface area (Å²) in [6, 6.07) is 0. The first-order chi connectivity index (χ1) is 28.1. The van der Waals surface area contributed by atoms with E-state index >= 15 is 0 Å². The second-order valence-corrected chi connectivity index (χ2v) is 16.9. The molecule has 0 amide bonds. The van der Waals surface area contributed by atoms with Crippen molar-refractivity contribution in [2.45, 2.75) is 270 Å². The SMILES string of the molecule is CCCCCCC/C=C\C/C=C\CCCCCCCCCCCCCCCC(=O)OC(CO)COC(=O)CCCCCCCCC/C=C\CCCCCCCCC. The Bertz CT molecular complexity index is 908. The summed E-state index contributed by atoms with van der Waals surface area (Å²) in [5, 5.41) is 9.62. The standard InChI is InChI=1S/C52H96O5/c1-3-5-7-9-11-13-15-17-19-21-23-24-25-26-27-28-29-31-33-35-37-39-41-43-45-47-52(55)57-50(48-53)49-56-51(54)46-44-42-40-38-36-34-32-30-22-20-18-16-14-12-10-8-6-4-2/h15,17,20-23,50,53H,3-14,16,18-19,24-49H2,1-2H3/b17-15-,22-20-,23-21-. The van der Waals surface area contributed by atoms with Gasteiger partial charge in [0.2, 0.25) is 0 Å². The molecule has 0 fully saturated rings. The topological polar surface area (TPSA) is 72.8 Å². The van der Waals surface area contributed by atoms with Gasteiger partial charge in [0.05, 0.1) is 6.61 Å². The van der Waals surface area contributed by atoms with Crippen molar-refractivity contribution in [3.05, 3.63) is 36.5 Å². The number of unbranched alkanes of at least 4 members (excludes halogenated alkanes) is 32. The molecule has 0 aromatic rings. The van der Waals surface area contributed by atoms with Crippen LogP contribution >= 0.6 is 0 Å². The quantitative estimate of drug-likeness (QED) is 0.0377. The Morgan fingerprint density at radius 2 is 0.702 bits per heavy atom. The van der Waals surface area contributed by atoms with Gasteiger partial charge in [-0.2, -0.15) is 0 Å². The number of hydrogen-bond donors (Lipinski definition) is 1. The molecule has 0 aliphatic rings. The maximum absolute atomic E-state index is 12.3. The van der Waals surface area contributed by atoms with E-state index in [1.165, 1.54) is 193 Å². The van der Waals surface area contributed by atoms with Gasteiger partial charge in [0, 0.05) is 12.8 Å². The zero-order valence-electron chi connectivity index (χ0n) is 38.1. The molecule has 0 aliphatic carbocycles. The summed E-state index contributed by atoms with van der Waals surface area (Å²) < 4.78 is 10.7. The van der Waals surface area contributed by atoms with Crippen LogP contribution in [0.25, 0.3) is 0 Å². The highest BCUT2D eigenvalue weighted by atomic mass is 16.6. The number of esters is 2. The Morgan fingerprint density at radius 3 is 1.05 bits per heavy atom.